The molecule has 0 amide bonds. The monoisotopic (exact) mass is 367 g/mol. The van der Waals surface area contributed by atoms with Crippen LogP contribution in [0, 0.1) is 40.4 Å². The predicted octanol–water partition coefficient (Wildman–Crippen LogP) is 4.96. The Labute approximate surface area is 166 Å². The van der Waals surface area contributed by atoms with E-state index in [1.165, 1.54) is 0 Å². The van der Waals surface area contributed by atoms with Gasteiger partial charge in [0.05, 0.1) is 7.47 Å². The number of rotatable bonds is 2. The van der Waals surface area contributed by atoms with E-state index in [4.69, 9.17) is 10.2 Å². The molecule has 148 valence electrons. The third-order valence-electron chi connectivity index (χ3n) is 8.94. The second-order valence-corrected chi connectivity index (χ2v) is 9.98. The summed E-state index contributed by atoms with van der Waals surface area (Å²) in [6.07, 6.45) is 4.69. The van der Waals surface area contributed by atoms with Gasteiger partial charge in [-0.05, 0) is 99.1 Å². The maximum atomic E-state index is 11.8. The van der Waals surface area contributed by atoms with Gasteiger partial charge in [0.2, 0.25) is 0 Å². The van der Waals surface area contributed by atoms with Crippen LogP contribution in [0.15, 0.2) is 0 Å². The molecule has 1 N–H and O–H groups in total. The molecular formula is C23H38O3. The molecular weight excluding hydrogens is 324 g/mol. The van der Waals surface area contributed by atoms with Gasteiger partial charge >= 0.3 is 5.97 Å². The minimum atomic E-state index is -2.89. The number of ether oxygens (including phenoxy) is 1. The largest absolute Gasteiger partial charge is 0.463 e. The molecule has 4 rings (SSSR count). The van der Waals surface area contributed by atoms with Crippen molar-refractivity contribution in [3.05, 3.63) is 0 Å². The quantitative estimate of drug-likeness (QED) is 0.702. The number of aliphatic hydroxyl groups is 1. The van der Waals surface area contributed by atoms with Crippen LogP contribution in [0.5, 0.6) is 0 Å². The summed E-state index contributed by atoms with van der Waals surface area (Å²) in [5.74, 6) is -0.875. The smallest absolute Gasteiger partial charge is 0.302 e. The average Bonchev–Trinajstić information content (AvgIpc) is 2.93. The van der Waals surface area contributed by atoms with Crippen LogP contribution in [0.4, 0.5) is 0 Å². The van der Waals surface area contributed by atoms with Crippen molar-refractivity contribution in [2.75, 3.05) is 0 Å². The van der Waals surface area contributed by atoms with E-state index >= 15 is 0 Å². The molecule has 0 saturated heterocycles. The molecule has 3 heteroatoms. The molecule has 0 spiro atoms. The zero-order valence-electron chi connectivity index (χ0n) is 21.5. The molecule has 0 bridgehead atoms. The zero-order chi connectivity index (χ0) is 23.0. The van der Waals surface area contributed by atoms with Crippen molar-refractivity contribution in [3.8, 4) is 0 Å². The van der Waals surface area contributed by atoms with E-state index in [9.17, 15) is 11.3 Å². The highest BCUT2D eigenvalue weighted by Crippen LogP contribution is 2.67. The molecule has 4 fully saturated rings. The number of fused-ring (bicyclic) bond motifs is 5. The molecule has 4 aliphatic carbocycles. The van der Waals surface area contributed by atoms with E-state index in [1.54, 1.807) is 0 Å². The normalized spacial score (nSPS) is 59.1. The van der Waals surface area contributed by atoms with Gasteiger partial charge in [-0.1, -0.05) is 13.8 Å². The molecule has 0 aromatic carbocycles. The maximum Gasteiger partial charge on any atom is 0.302 e. The standard InChI is InChI=1S/C23H38O3/c1-14(26-15(2)24)19-7-8-20-18-6-5-16-13-17(25)9-11-22(16,3)21(18)10-12-23(19,20)4/h14,16-21,25H,5-13H2,1-4H3/t14-,16-,17-,18+,19-,20+,21+,22+,23-/m1/s1/i1D3,14D,19D. The lowest BCUT2D eigenvalue weighted by Gasteiger charge is -2.61. The Balaban J connectivity index is 1.69. The molecule has 4 saturated carbocycles. The molecule has 0 unspecified atom stereocenters. The third kappa shape index (κ3) is 2.75. The SMILES string of the molecule is [2H]C([2H])([2H])[C@@]([2H])(OC(C)=O)[C@@]1([2H])CC[C@H]2[C@@H]3CC[C@@H]4C[C@H](O)CC[C@]4(C)[C@H]3CC[C@@]21C. The summed E-state index contributed by atoms with van der Waals surface area (Å²) in [7, 11) is 0. The molecule has 4 aliphatic rings. The summed E-state index contributed by atoms with van der Waals surface area (Å²) >= 11 is 0. The Morgan fingerprint density at radius 3 is 2.62 bits per heavy atom. The highest BCUT2D eigenvalue weighted by atomic mass is 16.5. The maximum absolute atomic E-state index is 11.8. The van der Waals surface area contributed by atoms with E-state index in [-0.39, 0.29) is 23.9 Å². The second kappa shape index (κ2) is 6.50. The Morgan fingerprint density at radius 1 is 1.15 bits per heavy atom. The Kier molecular flexibility index (Phi) is 3.39. The first-order valence-electron chi connectivity index (χ1n) is 13.1. The number of esters is 1. The van der Waals surface area contributed by atoms with Crippen LogP contribution in [-0.2, 0) is 9.53 Å². The molecule has 0 heterocycles. The van der Waals surface area contributed by atoms with Crippen molar-refractivity contribution in [2.45, 2.75) is 97.6 Å². The van der Waals surface area contributed by atoms with Crippen molar-refractivity contribution in [1.82, 2.24) is 0 Å². The first-order chi connectivity index (χ1) is 14.2. The van der Waals surface area contributed by atoms with Crippen LogP contribution in [0.3, 0.4) is 0 Å². The Hall–Kier alpha value is -0.570. The van der Waals surface area contributed by atoms with Crippen molar-refractivity contribution >= 4 is 5.97 Å². The summed E-state index contributed by atoms with van der Waals surface area (Å²) < 4.78 is 47.6. The van der Waals surface area contributed by atoms with E-state index in [1.807, 2.05) is 6.92 Å². The predicted molar refractivity (Wildman–Crippen MR) is 102 cm³/mol. The van der Waals surface area contributed by atoms with Gasteiger partial charge in [0.15, 0.2) is 0 Å². The van der Waals surface area contributed by atoms with Gasteiger partial charge in [0.25, 0.3) is 0 Å². The Bertz CT molecular complexity index is 743. The van der Waals surface area contributed by atoms with Crippen molar-refractivity contribution in [1.29, 1.82) is 0 Å². The van der Waals surface area contributed by atoms with Crippen LogP contribution >= 0.6 is 0 Å². The fourth-order valence-electron chi connectivity index (χ4n) is 7.63. The highest BCUT2D eigenvalue weighted by Gasteiger charge is 2.60. The number of hydrogen-bond donors (Lipinski definition) is 1. The van der Waals surface area contributed by atoms with Crippen LogP contribution in [0.25, 0.3) is 0 Å². The molecule has 0 aliphatic heterocycles. The van der Waals surface area contributed by atoms with E-state index < -0.39 is 30.2 Å². The van der Waals surface area contributed by atoms with Crippen molar-refractivity contribution < 1.29 is 21.5 Å². The second-order valence-electron chi connectivity index (χ2n) is 9.98. The molecule has 9 atom stereocenters. The van der Waals surface area contributed by atoms with Gasteiger partial charge < -0.3 is 9.84 Å². The number of hydrogen-bond acceptors (Lipinski definition) is 3. The third-order valence-corrected chi connectivity index (χ3v) is 8.94. The summed E-state index contributed by atoms with van der Waals surface area (Å²) in [5, 5.41) is 10.2. The lowest BCUT2D eigenvalue weighted by atomic mass is 9.44. The molecule has 0 aromatic heterocycles. The van der Waals surface area contributed by atoms with E-state index in [0.717, 1.165) is 45.4 Å². The molecule has 0 aromatic rings. The topological polar surface area (TPSA) is 46.5 Å². The molecule has 0 radical (unpaired) electrons. The first kappa shape index (κ1) is 13.6. The molecule has 26 heavy (non-hydrogen) atoms. The van der Waals surface area contributed by atoms with Crippen molar-refractivity contribution in [3.63, 3.8) is 0 Å². The number of aliphatic hydroxyl groups excluding tert-OH is 1. The van der Waals surface area contributed by atoms with Crippen LogP contribution in [0.1, 0.15) is 92.3 Å². The average molecular weight is 368 g/mol. The lowest BCUT2D eigenvalue weighted by molar-refractivity contribution is -0.156. The lowest BCUT2D eigenvalue weighted by Crippen LogP contribution is -2.54. The molecule has 3 nitrogen and oxygen atoms in total. The minimum Gasteiger partial charge on any atom is -0.463 e. The minimum absolute atomic E-state index is 0.163. The summed E-state index contributed by atoms with van der Waals surface area (Å²) in [6, 6.07) is 0. The summed E-state index contributed by atoms with van der Waals surface area (Å²) in [5.41, 5.74) is -0.494. The number of carbonyl (C=O) groups is 1. The fraction of sp³-hybridized carbons (Fsp3) is 0.957. The van der Waals surface area contributed by atoms with E-state index in [2.05, 4.69) is 6.92 Å². The number of carbonyl (C=O) groups excluding carboxylic acids is 1. The Morgan fingerprint density at radius 2 is 1.88 bits per heavy atom. The summed E-state index contributed by atoms with van der Waals surface area (Å²) in [4.78, 5) is 11.8. The van der Waals surface area contributed by atoms with Gasteiger partial charge in [-0.3, -0.25) is 4.79 Å². The fourth-order valence-corrected chi connectivity index (χ4v) is 7.63. The van der Waals surface area contributed by atoms with E-state index in [0.29, 0.717) is 30.6 Å². The van der Waals surface area contributed by atoms with Gasteiger partial charge in [-0.2, -0.15) is 0 Å². The van der Waals surface area contributed by atoms with Crippen LogP contribution in [-0.4, -0.2) is 23.3 Å². The van der Waals surface area contributed by atoms with Crippen LogP contribution in [0.2, 0.25) is 0 Å². The van der Waals surface area contributed by atoms with Crippen molar-refractivity contribution in [2.24, 2.45) is 40.4 Å². The van der Waals surface area contributed by atoms with Gasteiger partial charge in [-0.15, -0.1) is 0 Å². The van der Waals surface area contributed by atoms with Gasteiger partial charge in [-0.25, -0.2) is 0 Å². The zero-order valence-corrected chi connectivity index (χ0v) is 16.5. The van der Waals surface area contributed by atoms with Crippen LogP contribution < -0.4 is 0 Å². The summed E-state index contributed by atoms with van der Waals surface area (Å²) in [6.45, 7) is 2.62. The van der Waals surface area contributed by atoms with Gasteiger partial charge in [0.1, 0.15) is 6.08 Å². The van der Waals surface area contributed by atoms with Gasteiger partial charge in [0, 0.05) is 18.3 Å². The highest BCUT2D eigenvalue weighted by molar-refractivity contribution is 5.66. The first-order valence-corrected chi connectivity index (χ1v) is 10.6.